The van der Waals surface area contributed by atoms with Gasteiger partial charge in [-0.25, -0.2) is 14.6 Å². The van der Waals surface area contributed by atoms with Crippen LogP contribution in [-0.2, 0) is 31.5 Å². The number of nitrogens with zero attached hydrogens (tertiary/aromatic N) is 3. The van der Waals surface area contributed by atoms with Gasteiger partial charge < -0.3 is 9.47 Å². The minimum absolute atomic E-state index is 0.0878. The second kappa shape index (κ2) is 9.66. The van der Waals surface area contributed by atoms with E-state index in [1.54, 1.807) is 0 Å². The smallest absolute Gasteiger partial charge is 0.442 e. The Balaban J connectivity index is 2.79. The van der Waals surface area contributed by atoms with Crippen LogP contribution in [0.5, 0.6) is 0 Å². The van der Waals surface area contributed by atoms with Crippen molar-refractivity contribution in [1.29, 1.82) is 0 Å². The Labute approximate surface area is 214 Å². The molecule has 1 aliphatic heterocycles. The van der Waals surface area contributed by atoms with Crippen LogP contribution in [0.1, 0.15) is 65.2 Å². The Bertz CT molecular complexity index is 1120. The number of benzene rings is 1. The Morgan fingerprint density at radius 2 is 1.32 bits per heavy atom. The topological polar surface area (TPSA) is 97.7 Å². The third kappa shape index (κ3) is 6.86. The van der Waals surface area contributed by atoms with Crippen LogP contribution in [0.4, 0.5) is 35.9 Å². The maximum Gasteiger partial charge on any atom is 0.534 e. The van der Waals surface area contributed by atoms with Gasteiger partial charge in [0.25, 0.3) is 5.91 Å². The van der Waals surface area contributed by atoms with E-state index >= 15 is 0 Å². The van der Waals surface area contributed by atoms with Crippen molar-refractivity contribution in [3.8, 4) is 0 Å². The fourth-order valence-corrected chi connectivity index (χ4v) is 3.28. The standard InChI is InChI=1S/C23H27F6N3O6/c1-19(2,3)36-17(34)32(38-18(35)37-20(4,5)6)21(7)15(30-31(8)16(21)33)12-9-13(22(24,25)26)11-14(10-12)23(27,28)29/h9-11H,1-8H3. The van der Waals surface area contributed by atoms with E-state index in [-0.39, 0.29) is 11.1 Å². The average Bonchev–Trinajstić information content (AvgIpc) is 2.92. The lowest BCUT2D eigenvalue weighted by atomic mass is 9.88. The van der Waals surface area contributed by atoms with Crippen molar-refractivity contribution >= 4 is 23.9 Å². The number of alkyl halides is 6. The SMILES string of the molecule is CN1N=C(c2cc(C(F)(F)F)cc(C(F)(F)F)c2)C(C)(N(OC(=O)OC(C)(C)C)C(=O)OC(C)(C)C)C1=O. The molecule has 1 unspecified atom stereocenters. The van der Waals surface area contributed by atoms with Gasteiger partial charge in [0.2, 0.25) is 5.54 Å². The van der Waals surface area contributed by atoms with Gasteiger partial charge >= 0.3 is 24.6 Å². The highest BCUT2D eigenvalue weighted by atomic mass is 19.4. The first-order chi connectivity index (χ1) is 16.9. The first-order valence-corrected chi connectivity index (χ1v) is 11.0. The normalized spacial score (nSPS) is 18.7. The quantitative estimate of drug-likeness (QED) is 0.261. The fourth-order valence-electron chi connectivity index (χ4n) is 3.28. The maximum absolute atomic E-state index is 13.5. The molecule has 9 nitrogen and oxygen atoms in total. The Morgan fingerprint density at radius 3 is 1.71 bits per heavy atom. The maximum atomic E-state index is 13.5. The lowest BCUT2D eigenvalue weighted by molar-refractivity contribution is -0.176. The molecule has 1 aromatic rings. The van der Waals surface area contributed by atoms with Crippen LogP contribution in [0.25, 0.3) is 0 Å². The van der Waals surface area contributed by atoms with Crippen molar-refractivity contribution in [2.45, 2.75) is 77.6 Å². The predicted molar refractivity (Wildman–Crippen MR) is 120 cm³/mol. The number of rotatable bonds is 2. The number of likely N-dealkylation sites (N-methyl/N-ethyl adjacent to an activating group) is 1. The number of carbonyl (C=O) groups is 3. The molecule has 0 saturated heterocycles. The third-order valence-electron chi connectivity index (χ3n) is 4.80. The summed E-state index contributed by atoms with van der Waals surface area (Å²) in [6.07, 6.45) is -13.4. The monoisotopic (exact) mass is 555 g/mol. The van der Waals surface area contributed by atoms with E-state index in [9.17, 15) is 40.7 Å². The van der Waals surface area contributed by atoms with Gasteiger partial charge in [-0.05, 0) is 66.7 Å². The van der Waals surface area contributed by atoms with Crippen molar-refractivity contribution in [3.63, 3.8) is 0 Å². The number of amides is 2. The van der Waals surface area contributed by atoms with E-state index in [1.165, 1.54) is 41.5 Å². The summed E-state index contributed by atoms with van der Waals surface area (Å²) in [6.45, 7) is 9.58. The van der Waals surface area contributed by atoms with Gasteiger partial charge in [-0.1, -0.05) is 0 Å². The van der Waals surface area contributed by atoms with Gasteiger partial charge in [0, 0.05) is 12.6 Å². The van der Waals surface area contributed by atoms with E-state index in [0.29, 0.717) is 17.1 Å². The second-order valence-electron chi connectivity index (χ2n) is 10.5. The number of ether oxygens (including phenoxy) is 2. The summed E-state index contributed by atoms with van der Waals surface area (Å²) in [5, 5.41) is 4.47. The molecule has 1 aromatic carbocycles. The largest absolute Gasteiger partial charge is 0.534 e. The highest BCUT2D eigenvalue weighted by Crippen LogP contribution is 2.39. The predicted octanol–water partition coefficient (Wildman–Crippen LogP) is 5.76. The zero-order valence-electron chi connectivity index (χ0n) is 21.8. The zero-order valence-corrected chi connectivity index (χ0v) is 21.8. The van der Waals surface area contributed by atoms with Gasteiger partial charge in [-0.3, -0.25) is 9.63 Å². The summed E-state index contributed by atoms with van der Waals surface area (Å²) in [4.78, 5) is 43.9. The molecular weight excluding hydrogens is 528 g/mol. The number of halogens is 6. The summed E-state index contributed by atoms with van der Waals surface area (Å²) in [6, 6.07) is 0.559. The summed E-state index contributed by atoms with van der Waals surface area (Å²) < 4.78 is 91.3. The molecule has 0 radical (unpaired) electrons. The molecule has 2 amide bonds. The van der Waals surface area contributed by atoms with Crippen molar-refractivity contribution in [1.82, 2.24) is 10.1 Å². The van der Waals surface area contributed by atoms with Gasteiger partial charge in [0.1, 0.15) is 16.9 Å². The molecule has 0 aliphatic carbocycles. The van der Waals surface area contributed by atoms with E-state index < -0.39 is 69.7 Å². The van der Waals surface area contributed by atoms with Crippen molar-refractivity contribution < 1.29 is 55.0 Å². The van der Waals surface area contributed by atoms with Gasteiger partial charge in [-0.15, -0.1) is 5.06 Å². The lowest BCUT2D eigenvalue weighted by Gasteiger charge is -2.36. The highest BCUT2D eigenvalue weighted by molar-refractivity contribution is 6.24. The molecule has 1 heterocycles. The first kappa shape index (κ1) is 30.7. The number of hydrogen-bond acceptors (Lipinski definition) is 7. The number of hydroxylamine groups is 2. The molecular formula is C23H27F6N3O6. The van der Waals surface area contributed by atoms with Crippen molar-refractivity contribution in [2.75, 3.05) is 7.05 Å². The van der Waals surface area contributed by atoms with E-state index in [4.69, 9.17) is 14.3 Å². The zero-order chi connectivity index (χ0) is 29.6. The molecule has 0 bridgehead atoms. The van der Waals surface area contributed by atoms with Crippen LogP contribution in [0.2, 0.25) is 0 Å². The molecule has 38 heavy (non-hydrogen) atoms. The molecule has 1 atom stereocenters. The lowest BCUT2D eigenvalue weighted by Crippen LogP contribution is -2.61. The Hall–Kier alpha value is -3.52. The molecule has 0 aromatic heterocycles. The molecule has 0 fully saturated rings. The summed E-state index contributed by atoms with van der Waals surface area (Å²) in [5.74, 6) is -1.13. The van der Waals surface area contributed by atoms with Crippen LogP contribution in [0, 0.1) is 0 Å². The van der Waals surface area contributed by atoms with Crippen molar-refractivity contribution in [2.24, 2.45) is 5.10 Å². The van der Waals surface area contributed by atoms with Crippen LogP contribution < -0.4 is 0 Å². The summed E-state index contributed by atoms with van der Waals surface area (Å²) >= 11 is 0. The number of hydrogen-bond donors (Lipinski definition) is 0. The number of carbonyl (C=O) groups excluding carboxylic acids is 3. The molecule has 2 rings (SSSR count). The minimum Gasteiger partial charge on any atom is -0.442 e. The van der Waals surface area contributed by atoms with Gasteiger partial charge in [0.15, 0.2) is 0 Å². The summed E-state index contributed by atoms with van der Waals surface area (Å²) in [7, 11) is 1.05. The molecule has 1 aliphatic rings. The first-order valence-electron chi connectivity index (χ1n) is 11.0. The van der Waals surface area contributed by atoms with E-state index in [2.05, 4.69) is 5.10 Å². The van der Waals surface area contributed by atoms with Crippen LogP contribution >= 0.6 is 0 Å². The Morgan fingerprint density at radius 1 is 0.868 bits per heavy atom. The van der Waals surface area contributed by atoms with E-state index in [0.717, 1.165) is 14.0 Å². The molecule has 15 heteroatoms. The van der Waals surface area contributed by atoms with Crippen LogP contribution in [0.15, 0.2) is 23.3 Å². The minimum atomic E-state index is -5.21. The van der Waals surface area contributed by atoms with Crippen LogP contribution in [-0.4, -0.2) is 57.7 Å². The molecule has 0 N–H and O–H groups in total. The highest BCUT2D eigenvalue weighted by Gasteiger charge is 2.57. The number of hydrazone groups is 1. The van der Waals surface area contributed by atoms with Gasteiger partial charge in [0.05, 0.1) is 11.1 Å². The summed E-state index contributed by atoms with van der Waals surface area (Å²) in [5.41, 5.74) is -9.88. The molecule has 0 saturated carbocycles. The second-order valence-corrected chi connectivity index (χ2v) is 10.5. The van der Waals surface area contributed by atoms with Gasteiger partial charge in [-0.2, -0.15) is 31.4 Å². The third-order valence-corrected chi connectivity index (χ3v) is 4.80. The van der Waals surface area contributed by atoms with Crippen LogP contribution in [0.3, 0.4) is 0 Å². The Kier molecular flexibility index (Phi) is 7.80. The molecule has 0 spiro atoms. The van der Waals surface area contributed by atoms with E-state index in [1.807, 2.05) is 0 Å². The molecule has 212 valence electrons. The van der Waals surface area contributed by atoms with Crippen molar-refractivity contribution in [3.05, 3.63) is 34.9 Å². The fraction of sp³-hybridized carbons (Fsp3) is 0.565. The average molecular weight is 555 g/mol.